The number of nitro groups is 1. The van der Waals surface area contributed by atoms with Gasteiger partial charge < -0.3 is 34.1 Å². The molecule has 0 saturated carbocycles. The van der Waals surface area contributed by atoms with Gasteiger partial charge in [-0.3, -0.25) is 14.9 Å². The van der Waals surface area contributed by atoms with E-state index in [1.165, 1.54) is 65.9 Å². The Labute approximate surface area is 225 Å². The number of carbonyl (C=O) groups is 1. The van der Waals surface area contributed by atoms with Crippen LogP contribution in [0.5, 0.6) is 34.5 Å². The van der Waals surface area contributed by atoms with Crippen LogP contribution in [0.1, 0.15) is 16.7 Å². The van der Waals surface area contributed by atoms with Crippen molar-refractivity contribution in [1.29, 1.82) is 0 Å². The van der Waals surface area contributed by atoms with E-state index in [2.05, 4.69) is 5.32 Å². The van der Waals surface area contributed by atoms with Crippen molar-refractivity contribution in [2.24, 2.45) is 0 Å². The van der Waals surface area contributed by atoms with E-state index in [-0.39, 0.29) is 28.6 Å². The molecule has 39 heavy (non-hydrogen) atoms. The first kappa shape index (κ1) is 28.4. The topological polar surface area (TPSA) is 139 Å². The van der Waals surface area contributed by atoms with Crippen LogP contribution in [0, 0.1) is 10.1 Å². The van der Waals surface area contributed by atoms with Crippen LogP contribution < -0.4 is 29.0 Å². The van der Waals surface area contributed by atoms with Crippen LogP contribution >= 0.6 is 0 Å². The Morgan fingerprint density at radius 1 is 0.821 bits per heavy atom. The second-order valence-electron chi connectivity index (χ2n) is 7.89. The summed E-state index contributed by atoms with van der Waals surface area (Å²) in [5, 5.41) is 24.5. The first-order valence-electron chi connectivity index (χ1n) is 11.5. The van der Waals surface area contributed by atoms with Crippen molar-refractivity contribution in [3.8, 4) is 34.5 Å². The zero-order chi connectivity index (χ0) is 28.5. The number of nitro benzene ring substituents is 1. The highest BCUT2D eigenvalue weighted by Gasteiger charge is 2.21. The summed E-state index contributed by atoms with van der Waals surface area (Å²) in [6.45, 7) is 0. The molecule has 3 aromatic rings. The summed E-state index contributed by atoms with van der Waals surface area (Å²) in [6.07, 6.45) is 6.03. The Morgan fingerprint density at radius 3 is 1.92 bits per heavy atom. The minimum absolute atomic E-state index is 0.0261. The molecule has 0 aliphatic heterocycles. The highest BCUT2D eigenvalue weighted by molar-refractivity contribution is 6.04. The number of anilines is 1. The second kappa shape index (κ2) is 12.9. The number of rotatable bonds is 11. The summed E-state index contributed by atoms with van der Waals surface area (Å²) in [4.78, 5) is 23.6. The Morgan fingerprint density at radius 2 is 1.38 bits per heavy atom. The molecule has 11 heteroatoms. The summed E-state index contributed by atoms with van der Waals surface area (Å²) in [7, 11) is 7.20. The average molecular weight is 537 g/mol. The van der Waals surface area contributed by atoms with E-state index in [9.17, 15) is 20.0 Å². The van der Waals surface area contributed by atoms with Gasteiger partial charge in [-0.25, -0.2) is 0 Å². The summed E-state index contributed by atoms with van der Waals surface area (Å²) >= 11 is 0. The summed E-state index contributed by atoms with van der Waals surface area (Å²) in [5.74, 6) is 0.799. The van der Waals surface area contributed by atoms with E-state index in [1.807, 2.05) is 0 Å². The number of amides is 1. The smallest absolute Gasteiger partial charge is 0.315 e. The van der Waals surface area contributed by atoms with Gasteiger partial charge in [-0.05, 0) is 41.5 Å². The summed E-state index contributed by atoms with van der Waals surface area (Å²) in [5.41, 5.74) is 1.45. The predicted molar refractivity (Wildman–Crippen MR) is 147 cm³/mol. The Kier molecular flexibility index (Phi) is 9.36. The third kappa shape index (κ3) is 6.58. The van der Waals surface area contributed by atoms with Gasteiger partial charge in [-0.1, -0.05) is 24.3 Å². The van der Waals surface area contributed by atoms with Gasteiger partial charge in [0.1, 0.15) is 5.75 Å². The summed E-state index contributed by atoms with van der Waals surface area (Å²) in [6, 6.07) is 11.1. The SMILES string of the molecule is COc1cc(C=Cc2cccc(O)c2NC(=O)/C=C/c2cc(OC)c(OC)c([N+](=O)[O-])c2)cc(OC)c1OC. The van der Waals surface area contributed by atoms with Crippen LogP contribution in [0.2, 0.25) is 0 Å². The molecule has 0 spiro atoms. The lowest BCUT2D eigenvalue weighted by atomic mass is 10.1. The molecular weight excluding hydrogens is 508 g/mol. The van der Waals surface area contributed by atoms with Gasteiger partial charge in [-0.15, -0.1) is 0 Å². The van der Waals surface area contributed by atoms with Crippen molar-refractivity contribution in [2.45, 2.75) is 0 Å². The molecule has 1 amide bonds. The molecule has 0 aromatic heterocycles. The van der Waals surface area contributed by atoms with Crippen molar-refractivity contribution in [2.75, 3.05) is 40.9 Å². The Hall–Kier alpha value is -5.19. The number of hydrogen-bond acceptors (Lipinski definition) is 9. The van der Waals surface area contributed by atoms with Crippen molar-refractivity contribution >= 4 is 35.5 Å². The van der Waals surface area contributed by atoms with Gasteiger partial charge in [0.15, 0.2) is 17.2 Å². The Bertz CT molecular complexity index is 1410. The predicted octanol–water partition coefficient (Wildman–Crippen LogP) is 5.17. The molecule has 204 valence electrons. The first-order valence-corrected chi connectivity index (χ1v) is 11.5. The normalized spacial score (nSPS) is 10.9. The largest absolute Gasteiger partial charge is 0.506 e. The number of nitrogens with zero attached hydrogens (tertiary/aromatic N) is 1. The molecule has 0 fully saturated rings. The minimum Gasteiger partial charge on any atom is -0.506 e. The Balaban J connectivity index is 1.88. The maximum atomic E-state index is 12.7. The lowest BCUT2D eigenvalue weighted by Crippen LogP contribution is -2.09. The number of nitrogens with one attached hydrogen (secondary N) is 1. The van der Waals surface area contributed by atoms with Crippen LogP contribution in [-0.4, -0.2) is 51.5 Å². The van der Waals surface area contributed by atoms with E-state index in [1.54, 1.807) is 36.4 Å². The number of para-hydroxylation sites is 1. The average Bonchev–Trinajstić information content (AvgIpc) is 2.94. The molecule has 0 radical (unpaired) electrons. The molecule has 3 aromatic carbocycles. The van der Waals surface area contributed by atoms with Crippen LogP contribution in [0.15, 0.2) is 48.5 Å². The lowest BCUT2D eigenvalue weighted by Gasteiger charge is -2.13. The third-order valence-corrected chi connectivity index (χ3v) is 5.57. The molecule has 0 heterocycles. The highest BCUT2D eigenvalue weighted by Crippen LogP contribution is 2.40. The fraction of sp³-hybridized carbons (Fsp3) is 0.179. The number of phenolic OH excluding ortho intramolecular Hbond substituents is 1. The number of ether oxygens (including phenoxy) is 5. The van der Waals surface area contributed by atoms with E-state index in [0.29, 0.717) is 28.4 Å². The van der Waals surface area contributed by atoms with Gasteiger partial charge in [-0.2, -0.15) is 0 Å². The monoisotopic (exact) mass is 536 g/mol. The van der Waals surface area contributed by atoms with Gasteiger partial charge in [0.2, 0.25) is 17.4 Å². The standard InChI is InChI=1S/C28H28N2O9/c1-35-22-14-17(13-20(30(33)34)27(22)38-4)10-12-25(32)29-26-19(7-6-8-21(26)31)11-9-18-15-23(36-2)28(39-5)24(16-18)37-3/h6-16,31H,1-5H3,(H,29,32)/b11-9?,12-10+. The van der Waals surface area contributed by atoms with Crippen LogP contribution in [0.3, 0.4) is 0 Å². The van der Waals surface area contributed by atoms with E-state index in [4.69, 9.17) is 23.7 Å². The number of benzene rings is 3. The molecular formula is C28H28N2O9. The molecule has 11 nitrogen and oxygen atoms in total. The maximum Gasteiger partial charge on any atom is 0.315 e. The fourth-order valence-corrected chi connectivity index (χ4v) is 3.75. The van der Waals surface area contributed by atoms with Gasteiger partial charge in [0.25, 0.3) is 0 Å². The van der Waals surface area contributed by atoms with Crippen LogP contribution in [0.4, 0.5) is 11.4 Å². The molecule has 0 aliphatic rings. The number of phenols is 1. The molecule has 0 unspecified atom stereocenters. The van der Waals surface area contributed by atoms with Gasteiger partial charge >= 0.3 is 5.69 Å². The van der Waals surface area contributed by atoms with Gasteiger partial charge in [0.05, 0.1) is 46.2 Å². The molecule has 2 N–H and O–H groups in total. The third-order valence-electron chi connectivity index (χ3n) is 5.57. The van der Waals surface area contributed by atoms with E-state index < -0.39 is 10.8 Å². The molecule has 0 atom stereocenters. The number of aromatic hydroxyl groups is 1. The summed E-state index contributed by atoms with van der Waals surface area (Å²) < 4.78 is 26.4. The highest BCUT2D eigenvalue weighted by atomic mass is 16.6. The van der Waals surface area contributed by atoms with Crippen molar-refractivity contribution in [1.82, 2.24) is 0 Å². The van der Waals surface area contributed by atoms with E-state index in [0.717, 1.165) is 5.56 Å². The molecule has 0 aliphatic carbocycles. The lowest BCUT2D eigenvalue weighted by molar-refractivity contribution is -0.385. The zero-order valence-electron chi connectivity index (χ0n) is 22.0. The fourth-order valence-electron chi connectivity index (χ4n) is 3.75. The maximum absolute atomic E-state index is 12.7. The first-order chi connectivity index (χ1) is 18.8. The van der Waals surface area contributed by atoms with Crippen LogP contribution in [0.25, 0.3) is 18.2 Å². The molecule has 0 saturated heterocycles. The van der Waals surface area contributed by atoms with Crippen molar-refractivity contribution in [3.05, 3.63) is 75.3 Å². The number of hydrogen-bond donors (Lipinski definition) is 2. The number of carbonyl (C=O) groups excluding carboxylic acids is 1. The number of methoxy groups -OCH3 is 5. The van der Waals surface area contributed by atoms with Crippen molar-refractivity contribution < 1.29 is 38.5 Å². The minimum atomic E-state index is -0.604. The van der Waals surface area contributed by atoms with Crippen molar-refractivity contribution in [3.63, 3.8) is 0 Å². The van der Waals surface area contributed by atoms with E-state index >= 15 is 0 Å². The molecule has 0 bridgehead atoms. The quantitative estimate of drug-likeness (QED) is 0.112. The molecule has 3 rings (SSSR count). The van der Waals surface area contributed by atoms with Gasteiger partial charge in [0, 0.05) is 17.7 Å². The zero-order valence-corrected chi connectivity index (χ0v) is 22.0. The van der Waals surface area contributed by atoms with Crippen LogP contribution in [-0.2, 0) is 4.79 Å². The second-order valence-corrected chi connectivity index (χ2v) is 7.89.